The van der Waals surface area contributed by atoms with E-state index in [4.69, 9.17) is 80.5 Å². The lowest BCUT2D eigenvalue weighted by Crippen LogP contribution is -2.68. The van der Waals surface area contributed by atoms with Gasteiger partial charge in [0.15, 0.2) is 86.2 Å². The van der Waals surface area contributed by atoms with Crippen molar-refractivity contribution in [3.8, 4) is 0 Å². The van der Waals surface area contributed by atoms with E-state index in [2.05, 4.69) is 20.8 Å². The van der Waals surface area contributed by atoms with E-state index in [-0.39, 0.29) is 25.4 Å². The Labute approximate surface area is 633 Å². The Hall–Kier alpha value is -6.13. The lowest BCUT2D eigenvalue weighted by atomic mass is 9.95. The van der Waals surface area contributed by atoms with Crippen LogP contribution in [0.2, 0.25) is 0 Å². The SMILES string of the molecule is CCCCCCCCCCCC(=O)O[C@@H]1[C@@H](OC(C)=O)[C@@H](OC(=O)/C=C/c2ccccc2)[C@H](O[C@@H]2[C@@H](OC(=O)CCCCCCCCC)[C@@H](OC(C)=O)[C@H](O[C@@H]3[C@H]4OC(=O)CCCCCCCCC[C@H](CCCCC)O[C@@H]5O[C@H](C)[C@H](OC(C)=O)[C@H](OC(C)=O)[C@H]5O[C@H](O[C@H]3C)[C@@H]4OC(C)=O)O[C@H]2C)O[C@H]1C. The van der Waals surface area contributed by atoms with Crippen LogP contribution in [-0.4, -0.2) is 183 Å². The lowest BCUT2D eigenvalue weighted by Gasteiger charge is -2.51. The summed E-state index contributed by atoms with van der Waals surface area (Å²) in [6.45, 7) is 18.5. The van der Waals surface area contributed by atoms with Crippen molar-refractivity contribution in [1.82, 2.24) is 0 Å². The first-order chi connectivity index (χ1) is 51.4. The summed E-state index contributed by atoms with van der Waals surface area (Å²) in [5.41, 5.74) is 0.646. The minimum Gasteiger partial charge on any atom is -0.456 e. The van der Waals surface area contributed by atoms with E-state index in [9.17, 15) is 43.2 Å². The normalized spacial score (nSPS) is 31.0. The van der Waals surface area contributed by atoms with Crippen LogP contribution < -0.4 is 0 Å². The predicted octanol–water partition coefficient (Wildman–Crippen LogP) is 13.7. The van der Waals surface area contributed by atoms with Crippen LogP contribution in [0.25, 0.3) is 6.08 Å². The van der Waals surface area contributed by atoms with Crippen LogP contribution in [0.5, 0.6) is 0 Å². The fourth-order valence-corrected chi connectivity index (χ4v) is 14.5. The first-order valence-electron chi connectivity index (χ1n) is 40.0. The number of rotatable bonds is 36. The number of esters is 9. The summed E-state index contributed by atoms with van der Waals surface area (Å²) >= 11 is 0. The topological polar surface area (TPSA) is 311 Å². The van der Waals surface area contributed by atoms with Gasteiger partial charge in [0, 0.05) is 60.0 Å². The second-order valence-corrected chi connectivity index (χ2v) is 29.2. The quantitative estimate of drug-likeness (QED) is 0.0261. The van der Waals surface area contributed by atoms with E-state index in [1.165, 1.54) is 32.8 Å². The second kappa shape index (κ2) is 48.5. The fourth-order valence-electron chi connectivity index (χ4n) is 14.5. The van der Waals surface area contributed by atoms with Crippen molar-refractivity contribution >= 4 is 59.8 Å². The van der Waals surface area contributed by atoms with Crippen molar-refractivity contribution in [3.63, 3.8) is 0 Å². The molecule has 0 spiro atoms. The Morgan fingerprint density at radius 2 is 0.813 bits per heavy atom. The Morgan fingerprint density at radius 1 is 0.393 bits per heavy atom. The Balaban J connectivity index is 1.43. The highest BCUT2D eigenvalue weighted by molar-refractivity contribution is 5.87. The lowest BCUT2D eigenvalue weighted by molar-refractivity contribution is -0.388. The van der Waals surface area contributed by atoms with E-state index in [1.807, 2.05) is 6.07 Å². The molecule has 0 N–H and O–H groups in total. The smallest absolute Gasteiger partial charge is 0.331 e. The molecule has 21 atom stereocenters. The monoisotopic (exact) mass is 1510 g/mol. The Kier molecular flexibility index (Phi) is 40.7. The van der Waals surface area contributed by atoms with Crippen LogP contribution in [-0.2, 0) is 124 Å². The van der Waals surface area contributed by atoms with Gasteiger partial charge in [0.1, 0.15) is 12.2 Å². The summed E-state index contributed by atoms with van der Waals surface area (Å²) in [5, 5.41) is 0. The molecule has 26 heteroatoms. The maximum atomic E-state index is 14.6. The van der Waals surface area contributed by atoms with E-state index in [1.54, 1.807) is 52.0 Å². The summed E-state index contributed by atoms with van der Waals surface area (Å²) < 4.78 is 110. The summed E-state index contributed by atoms with van der Waals surface area (Å²) in [4.78, 5) is 124. The fraction of sp³-hybridized carbons (Fsp3) is 0.790. The van der Waals surface area contributed by atoms with Gasteiger partial charge in [-0.15, -0.1) is 0 Å². The third kappa shape index (κ3) is 30.9. The molecule has 5 heterocycles. The van der Waals surface area contributed by atoms with Crippen molar-refractivity contribution in [3.05, 3.63) is 42.0 Å². The minimum atomic E-state index is -1.79. The Morgan fingerprint density at radius 3 is 1.38 bits per heavy atom. The molecule has 1 aromatic rings. The van der Waals surface area contributed by atoms with Crippen molar-refractivity contribution in [1.29, 1.82) is 0 Å². The third-order valence-electron chi connectivity index (χ3n) is 19.9. The van der Waals surface area contributed by atoms with E-state index in [0.717, 1.165) is 149 Å². The zero-order chi connectivity index (χ0) is 77.8. The van der Waals surface area contributed by atoms with E-state index in [0.29, 0.717) is 50.5 Å². The summed E-state index contributed by atoms with van der Waals surface area (Å²) in [5.74, 6) is -7.10. The van der Waals surface area contributed by atoms with Gasteiger partial charge in [-0.05, 0) is 71.4 Å². The first kappa shape index (κ1) is 89.8. The zero-order valence-electron chi connectivity index (χ0n) is 65.7. The van der Waals surface area contributed by atoms with Gasteiger partial charge < -0.3 is 80.5 Å². The molecule has 2 bridgehead atoms. The van der Waals surface area contributed by atoms with Crippen LogP contribution in [0.1, 0.15) is 288 Å². The number of carbonyl (C=O) groups excluding carboxylic acids is 9. The average molecular weight is 1520 g/mol. The number of ether oxygens (including phenoxy) is 17. The van der Waals surface area contributed by atoms with Crippen LogP contribution in [0.15, 0.2) is 36.4 Å². The highest BCUT2D eigenvalue weighted by Gasteiger charge is 2.60. The van der Waals surface area contributed by atoms with Crippen LogP contribution in [0, 0.1) is 0 Å². The molecule has 0 amide bonds. The number of fused-ring (bicyclic) bond motifs is 3. The third-order valence-corrected chi connectivity index (χ3v) is 19.9. The first-order valence-corrected chi connectivity index (χ1v) is 40.0. The maximum Gasteiger partial charge on any atom is 0.331 e. The Bertz CT molecular complexity index is 2870. The number of unbranched alkanes of at least 4 members (excludes halogenated alkanes) is 16. The molecule has 606 valence electrons. The predicted molar refractivity (Wildman–Crippen MR) is 390 cm³/mol. The molecule has 5 saturated heterocycles. The van der Waals surface area contributed by atoms with Gasteiger partial charge in [-0.25, -0.2) is 4.79 Å². The summed E-state index contributed by atoms with van der Waals surface area (Å²) in [6, 6.07) is 8.91. The number of hydrogen-bond acceptors (Lipinski definition) is 26. The highest BCUT2D eigenvalue weighted by atomic mass is 16.8. The van der Waals surface area contributed by atoms with Crippen molar-refractivity contribution in [2.45, 2.75) is 411 Å². The molecular formula is C81H126O26. The maximum absolute atomic E-state index is 14.6. The van der Waals surface area contributed by atoms with E-state index < -0.39 is 177 Å². The van der Waals surface area contributed by atoms with Crippen molar-refractivity contribution < 1.29 is 124 Å². The van der Waals surface area contributed by atoms with Gasteiger partial charge in [0.25, 0.3) is 0 Å². The highest BCUT2D eigenvalue weighted by Crippen LogP contribution is 2.41. The molecule has 107 heavy (non-hydrogen) atoms. The van der Waals surface area contributed by atoms with Crippen molar-refractivity contribution in [2.75, 3.05) is 0 Å². The zero-order valence-corrected chi connectivity index (χ0v) is 65.7. The molecular weight excluding hydrogens is 1390 g/mol. The molecule has 5 aliphatic rings. The van der Waals surface area contributed by atoms with Gasteiger partial charge in [0.05, 0.1) is 30.5 Å². The van der Waals surface area contributed by atoms with Gasteiger partial charge >= 0.3 is 53.7 Å². The molecule has 0 unspecified atom stereocenters. The largest absolute Gasteiger partial charge is 0.456 e. The minimum absolute atomic E-state index is 0.0373. The molecule has 5 fully saturated rings. The summed E-state index contributed by atoms with van der Waals surface area (Å²) in [6.07, 6.45) is -3.03. The van der Waals surface area contributed by atoms with Gasteiger partial charge in [-0.1, -0.05) is 199 Å². The molecule has 0 aliphatic carbocycles. The number of hydrogen-bond donors (Lipinski definition) is 0. The number of benzene rings is 1. The second-order valence-electron chi connectivity index (χ2n) is 29.2. The molecule has 0 aromatic heterocycles. The van der Waals surface area contributed by atoms with Gasteiger partial charge in [-0.3, -0.25) is 38.4 Å². The molecule has 0 saturated carbocycles. The molecule has 26 nitrogen and oxygen atoms in total. The standard InChI is InChI=1S/C81H126O26/c1-13-16-19-21-23-24-28-32-39-46-62(87)101-67-52(5)92-81(76(71(67)97-57(10)84)104-65(90)50-49-60-42-36-34-37-43-60)106-69-53(6)93-79(74(98-58(11)85)72(69)102-63(88)47-40-31-26-22-20-17-14-2)105-68-54(7)94-80-75(99-59(12)86)73(68)103-64(89)48-41-33-29-25-27-30-38-45-61(44-35-18-15-3)100-78-77(107-80)70(96-56(9)83)66(51(4)91-78)95-55(8)82/h34,36-37,42-43,49-54,61,66-81H,13-33,35,38-41,44-48H2,1-12H3/b50-49+/t51-,52+,53+,54+,61+,66+,67+,68+,69+,70+,71-,72-,73-,74-,75-,76-,77-,78+,79+,80+,81+/m1/s1. The van der Waals surface area contributed by atoms with Gasteiger partial charge in [0.2, 0.25) is 0 Å². The average Bonchev–Trinajstić information content (AvgIpc) is 0.798. The summed E-state index contributed by atoms with van der Waals surface area (Å²) in [7, 11) is 0. The molecule has 1 aromatic carbocycles. The molecule has 6 rings (SSSR count). The number of carbonyl (C=O) groups is 9. The van der Waals surface area contributed by atoms with Crippen molar-refractivity contribution in [2.24, 2.45) is 0 Å². The van der Waals surface area contributed by atoms with Crippen LogP contribution in [0.3, 0.4) is 0 Å². The molecule has 5 aliphatic heterocycles. The van der Waals surface area contributed by atoms with E-state index >= 15 is 0 Å². The van der Waals surface area contributed by atoms with Gasteiger partial charge in [-0.2, -0.15) is 0 Å². The molecule has 0 radical (unpaired) electrons. The van der Waals surface area contributed by atoms with Crippen LogP contribution >= 0.6 is 0 Å². The van der Waals surface area contributed by atoms with Crippen LogP contribution in [0.4, 0.5) is 0 Å².